The monoisotopic (exact) mass is 356 g/mol. The predicted molar refractivity (Wildman–Crippen MR) is 97.1 cm³/mol. The van der Waals surface area contributed by atoms with Gasteiger partial charge in [0.15, 0.2) is 0 Å². The average molecular weight is 356 g/mol. The second kappa shape index (κ2) is 7.59. The minimum absolute atomic E-state index is 0.0897. The lowest BCUT2D eigenvalue weighted by molar-refractivity contribution is -0.131. The first-order valence-electron chi connectivity index (χ1n) is 8.81. The summed E-state index contributed by atoms with van der Waals surface area (Å²) in [6.45, 7) is 4.27. The fraction of sp³-hybridized carbons (Fsp3) is 0.421. The number of ether oxygens (including phenoxy) is 1. The molecule has 2 aromatic rings. The van der Waals surface area contributed by atoms with Crippen LogP contribution >= 0.6 is 0 Å². The van der Waals surface area contributed by atoms with E-state index < -0.39 is 0 Å². The zero-order chi connectivity index (χ0) is 18.7. The molecule has 1 aromatic carbocycles. The van der Waals surface area contributed by atoms with Crippen LogP contribution in [0.25, 0.3) is 5.69 Å². The molecular formula is C19H24N4O3. The number of aromatic nitrogens is 2. The Bertz CT molecular complexity index is 766. The summed E-state index contributed by atoms with van der Waals surface area (Å²) in [5.41, 5.74) is 1.54. The van der Waals surface area contributed by atoms with Crippen LogP contribution in [0.1, 0.15) is 32.4 Å². The van der Waals surface area contributed by atoms with Crippen LogP contribution in [0.4, 0.5) is 4.79 Å². The number of nitrogens with one attached hydrogen (secondary N) is 1. The molecule has 1 aromatic heterocycles. The summed E-state index contributed by atoms with van der Waals surface area (Å²) in [4.78, 5) is 26.0. The molecule has 2 atom stereocenters. The largest absolute Gasteiger partial charge is 0.497 e. The van der Waals surface area contributed by atoms with Crippen molar-refractivity contribution in [2.75, 3.05) is 7.11 Å². The van der Waals surface area contributed by atoms with Gasteiger partial charge in [-0.15, -0.1) is 0 Å². The van der Waals surface area contributed by atoms with Crippen molar-refractivity contribution in [3.63, 3.8) is 0 Å². The van der Waals surface area contributed by atoms with E-state index in [1.165, 1.54) is 4.90 Å². The summed E-state index contributed by atoms with van der Waals surface area (Å²) in [5, 5.41) is 7.41. The Balaban J connectivity index is 1.69. The minimum Gasteiger partial charge on any atom is -0.497 e. The van der Waals surface area contributed by atoms with Gasteiger partial charge in [0, 0.05) is 18.7 Å². The molecule has 26 heavy (non-hydrogen) atoms. The number of urea groups is 1. The molecule has 7 nitrogen and oxygen atoms in total. The average Bonchev–Trinajstić information content (AvgIpc) is 3.12. The highest BCUT2D eigenvalue weighted by molar-refractivity contribution is 5.97. The molecular weight excluding hydrogens is 332 g/mol. The van der Waals surface area contributed by atoms with E-state index in [1.807, 2.05) is 43.5 Å². The molecule has 0 spiro atoms. The maximum atomic E-state index is 12.4. The van der Waals surface area contributed by atoms with Gasteiger partial charge in [-0.3, -0.25) is 9.69 Å². The summed E-state index contributed by atoms with van der Waals surface area (Å²) in [7, 11) is 1.62. The third-order valence-electron chi connectivity index (χ3n) is 4.88. The van der Waals surface area contributed by atoms with Gasteiger partial charge < -0.3 is 10.1 Å². The highest BCUT2D eigenvalue weighted by atomic mass is 16.5. The summed E-state index contributed by atoms with van der Waals surface area (Å²) in [5.74, 6) is 0.893. The zero-order valence-corrected chi connectivity index (χ0v) is 15.3. The third kappa shape index (κ3) is 3.71. The second-order valence-corrected chi connectivity index (χ2v) is 6.58. The molecule has 138 valence electrons. The van der Waals surface area contributed by atoms with Gasteiger partial charge in [-0.25, -0.2) is 9.48 Å². The van der Waals surface area contributed by atoms with Crippen molar-refractivity contribution in [1.29, 1.82) is 0 Å². The standard InChI is InChI=1S/C19H24N4O3/c1-4-13(2)17-11-18(24)22(19(25)20-17)12-14-9-10-23(21-14)15-5-7-16(26-3)8-6-15/h5-10,13,17H,4,11-12H2,1-3H3,(H,20,25)/t13-,17+/m0/s1. The Morgan fingerprint density at radius 1 is 1.27 bits per heavy atom. The topological polar surface area (TPSA) is 76.5 Å². The Morgan fingerprint density at radius 3 is 2.62 bits per heavy atom. The minimum atomic E-state index is -0.342. The molecule has 3 rings (SSSR count). The van der Waals surface area contributed by atoms with E-state index in [0.717, 1.165) is 17.9 Å². The van der Waals surface area contributed by atoms with Gasteiger partial charge in [0.1, 0.15) is 5.75 Å². The number of methoxy groups -OCH3 is 1. The number of imide groups is 1. The number of hydrogen-bond acceptors (Lipinski definition) is 4. The van der Waals surface area contributed by atoms with Crippen LogP contribution in [0.3, 0.4) is 0 Å². The Hall–Kier alpha value is -2.83. The van der Waals surface area contributed by atoms with Crippen LogP contribution in [0.2, 0.25) is 0 Å². The van der Waals surface area contributed by atoms with Gasteiger partial charge in [-0.1, -0.05) is 20.3 Å². The van der Waals surface area contributed by atoms with Crippen molar-refractivity contribution < 1.29 is 14.3 Å². The van der Waals surface area contributed by atoms with Crippen LogP contribution in [0, 0.1) is 5.92 Å². The molecule has 0 unspecified atom stereocenters. The number of carbonyl (C=O) groups is 2. The van der Waals surface area contributed by atoms with Gasteiger partial charge in [-0.05, 0) is 36.2 Å². The molecule has 0 radical (unpaired) electrons. The molecule has 7 heteroatoms. The molecule has 0 bridgehead atoms. The van der Waals surface area contributed by atoms with E-state index in [0.29, 0.717) is 12.1 Å². The molecule has 2 heterocycles. The lowest BCUT2D eigenvalue weighted by Gasteiger charge is -2.33. The molecule has 0 aliphatic carbocycles. The van der Waals surface area contributed by atoms with Crippen LogP contribution in [-0.4, -0.2) is 39.8 Å². The zero-order valence-electron chi connectivity index (χ0n) is 15.3. The van der Waals surface area contributed by atoms with Crippen molar-refractivity contribution in [1.82, 2.24) is 20.0 Å². The number of rotatable bonds is 6. The number of nitrogens with zero attached hydrogens (tertiary/aromatic N) is 3. The van der Waals surface area contributed by atoms with E-state index >= 15 is 0 Å². The number of benzene rings is 1. The van der Waals surface area contributed by atoms with Gasteiger partial charge >= 0.3 is 6.03 Å². The predicted octanol–water partition coefficient (Wildman–Crippen LogP) is 2.74. The van der Waals surface area contributed by atoms with Gasteiger partial charge in [0.05, 0.1) is 25.0 Å². The maximum Gasteiger partial charge on any atom is 0.324 e. The van der Waals surface area contributed by atoms with Crippen molar-refractivity contribution in [3.8, 4) is 11.4 Å². The summed E-state index contributed by atoms with van der Waals surface area (Å²) in [6, 6.07) is 8.88. The molecule has 1 aliphatic rings. The van der Waals surface area contributed by atoms with E-state index in [2.05, 4.69) is 17.3 Å². The molecule has 1 N–H and O–H groups in total. The van der Waals surface area contributed by atoms with Gasteiger partial charge in [0.2, 0.25) is 5.91 Å². The van der Waals surface area contributed by atoms with Crippen LogP contribution in [0.15, 0.2) is 36.5 Å². The fourth-order valence-corrected chi connectivity index (χ4v) is 2.97. The van der Waals surface area contributed by atoms with Crippen LogP contribution < -0.4 is 10.1 Å². The van der Waals surface area contributed by atoms with Crippen molar-refractivity contribution in [3.05, 3.63) is 42.2 Å². The normalized spacial score (nSPS) is 18.6. The molecule has 1 saturated heterocycles. The highest BCUT2D eigenvalue weighted by Crippen LogP contribution is 2.19. The number of amides is 3. The number of carbonyl (C=O) groups excluding carboxylic acids is 2. The van der Waals surface area contributed by atoms with Gasteiger partial charge in [-0.2, -0.15) is 5.10 Å². The molecule has 1 aliphatic heterocycles. The summed E-state index contributed by atoms with van der Waals surface area (Å²) in [6.07, 6.45) is 3.07. The second-order valence-electron chi connectivity index (χ2n) is 6.58. The van der Waals surface area contributed by atoms with Gasteiger partial charge in [0.25, 0.3) is 0 Å². The van der Waals surface area contributed by atoms with E-state index in [4.69, 9.17) is 4.74 Å². The molecule has 0 saturated carbocycles. The third-order valence-corrected chi connectivity index (χ3v) is 4.88. The molecule has 1 fully saturated rings. The SMILES string of the molecule is CC[C@H](C)[C@H]1CC(=O)N(Cc2ccn(-c3ccc(OC)cc3)n2)C(=O)N1. The summed E-state index contributed by atoms with van der Waals surface area (Å²) < 4.78 is 6.86. The number of hydrogen-bond donors (Lipinski definition) is 1. The smallest absolute Gasteiger partial charge is 0.324 e. The van der Waals surface area contributed by atoms with E-state index in [-0.39, 0.29) is 30.4 Å². The van der Waals surface area contributed by atoms with E-state index in [1.54, 1.807) is 11.8 Å². The maximum absolute atomic E-state index is 12.4. The van der Waals surface area contributed by atoms with Crippen LogP contribution in [0.5, 0.6) is 5.75 Å². The fourth-order valence-electron chi connectivity index (χ4n) is 2.97. The van der Waals surface area contributed by atoms with E-state index in [9.17, 15) is 9.59 Å². The Kier molecular flexibility index (Phi) is 5.25. The Morgan fingerprint density at radius 2 is 2.00 bits per heavy atom. The lowest BCUT2D eigenvalue weighted by Crippen LogP contribution is -2.56. The Labute approximate surface area is 152 Å². The summed E-state index contributed by atoms with van der Waals surface area (Å²) >= 11 is 0. The first-order chi connectivity index (χ1) is 12.5. The first kappa shape index (κ1) is 18.0. The van der Waals surface area contributed by atoms with Crippen molar-refractivity contribution in [2.45, 2.75) is 39.3 Å². The molecule has 3 amide bonds. The quantitative estimate of drug-likeness (QED) is 0.863. The van der Waals surface area contributed by atoms with Crippen molar-refractivity contribution >= 4 is 11.9 Å². The highest BCUT2D eigenvalue weighted by Gasteiger charge is 2.34. The van der Waals surface area contributed by atoms with Crippen molar-refractivity contribution in [2.24, 2.45) is 5.92 Å². The first-order valence-corrected chi connectivity index (χ1v) is 8.81. The van der Waals surface area contributed by atoms with Crippen LogP contribution in [-0.2, 0) is 11.3 Å². The lowest BCUT2D eigenvalue weighted by atomic mass is 9.94.